The molecule has 3 aromatic rings. The van der Waals surface area contributed by atoms with E-state index >= 15 is 0 Å². The zero-order chi connectivity index (χ0) is 22.2. The van der Waals surface area contributed by atoms with Crippen molar-refractivity contribution in [3.8, 4) is 0 Å². The first-order valence-corrected chi connectivity index (χ1v) is 11.5. The molecule has 0 unspecified atom stereocenters. The van der Waals surface area contributed by atoms with E-state index in [0.717, 1.165) is 25.7 Å². The molecule has 6 nitrogen and oxygen atoms in total. The molecule has 2 aromatic carbocycles. The maximum atomic E-state index is 13.0. The zero-order valence-electron chi connectivity index (χ0n) is 17.9. The maximum Gasteiger partial charge on any atom is 0.262 e. The van der Waals surface area contributed by atoms with Crippen LogP contribution in [-0.2, 0) is 11.3 Å². The number of Topliss-reactive ketones (excluding diaryl/α,β-unsaturated/α-hetero) is 1. The minimum absolute atomic E-state index is 0.0562. The van der Waals surface area contributed by atoms with Crippen LogP contribution in [0.2, 0.25) is 0 Å². The Balaban J connectivity index is 1.78. The molecular formula is C24H27N3O3S. The van der Waals surface area contributed by atoms with E-state index in [1.807, 2.05) is 18.2 Å². The van der Waals surface area contributed by atoms with Gasteiger partial charge >= 0.3 is 0 Å². The van der Waals surface area contributed by atoms with Crippen molar-refractivity contribution in [3.05, 3.63) is 64.4 Å². The molecule has 0 atom stereocenters. The lowest BCUT2D eigenvalue weighted by atomic mass is 10.1. The average Bonchev–Trinajstić information content (AvgIpc) is 2.76. The van der Waals surface area contributed by atoms with Crippen molar-refractivity contribution in [3.63, 3.8) is 0 Å². The Bertz CT molecular complexity index is 1120. The second-order valence-corrected chi connectivity index (χ2v) is 8.34. The standard InChI is InChI=1S/C24H27N3O3S/c1-3-4-5-8-15-27-23(30)20-9-6-7-10-21(20)26-24(27)31-16-22(29)18-11-13-19(14-12-18)25-17(2)28/h6-7,9-14H,3-5,8,15-16H2,1-2H3,(H,25,28). The summed E-state index contributed by atoms with van der Waals surface area (Å²) in [5, 5.41) is 3.86. The molecule has 0 spiro atoms. The number of ketones is 1. The monoisotopic (exact) mass is 437 g/mol. The van der Waals surface area contributed by atoms with Crippen molar-refractivity contribution in [2.45, 2.75) is 51.2 Å². The van der Waals surface area contributed by atoms with Crippen LogP contribution in [0.1, 0.15) is 49.9 Å². The van der Waals surface area contributed by atoms with Crippen LogP contribution >= 0.6 is 11.8 Å². The lowest BCUT2D eigenvalue weighted by molar-refractivity contribution is -0.114. The van der Waals surface area contributed by atoms with E-state index < -0.39 is 0 Å². The molecule has 31 heavy (non-hydrogen) atoms. The number of aromatic nitrogens is 2. The van der Waals surface area contributed by atoms with Gasteiger partial charge in [0.25, 0.3) is 5.56 Å². The van der Waals surface area contributed by atoms with Gasteiger partial charge in [-0.1, -0.05) is 50.1 Å². The number of hydrogen-bond acceptors (Lipinski definition) is 5. The minimum Gasteiger partial charge on any atom is -0.326 e. The molecular weight excluding hydrogens is 410 g/mol. The van der Waals surface area contributed by atoms with Gasteiger partial charge in [0.05, 0.1) is 16.7 Å². The first-order chi connectivity index (χ1) is 15.0. The van der Waals surface area contributed by atoms with Crippen molar-refractivity contribution < 1.29 is 9.59 Å². The Morgan fingerprint density at radius 2 is 1.77 bits per heavy atom. The fourth-order valence-corrected chi connectivity index (χ4v) is 4.23. The first kappa shape index (κ1) is 22.7. The lowest BCUT2D eigenvalue weighted by Gasteiger charge is -2.13. The van der Waals surface area contributed by atoms with E-state index in [-0.39, 0.29) is 23.0 Å². The van der Waals surface area contributed by atoms with Gasteiger partial charge in [-0.15, -0.1) is 0 Å². The van der Waals surface area contributed by atoms with E-state index in [1.165, 1.54) is 18.7 Å². The van der Waals surface area contributed by atoms with Gasteiger partial charge in [-0.3, -0.25) is 19.0 Å². The molecule has 0 fully saturated rings. The molecule has 0 aliphatic rings. The molecule has 0 saturated heterocycles. The Morgan fingerprint density at radius 3 is 2.48 bits per heavy atom. The van der Waals surface area contributed by atoms with Crippen molar-refractivity contribution >= 4 is 40.0 Å². The molecule has 1 amide bonds. The maximum absolute atomic E-state index is 13.0. The average molecular weight is 438 g/mol. The quantitative estimate of drug-likeness (QED) is 0.211. The van der Waals surface area contributed by atoms with Gasteiger partial charge < -0.3 is 5.32 Å². The highest BCUT2D eigenvalue weighted by atomic mass is 32.2. The number of amides is 1. The predicted octanol–water partition coefficient (Wildman–Crippen LogP) is 4.91. The summed E-state index contributed by atoms with van der Waals surface area (Å²) in [5.74, 6) is -0.0348. The van der Waals surface area contributed by atoms with E-state index in [0.29, 0.717) is 33.9 Å². The van der Waals surface area contributed by atoms with E-state index in [9.17, 15) is 14.4 Å². The number of carbonyl (C=O) groups is 2. The van der Waals surface area contributed by atoms with Gasteiger partial charge in [0.15, 0.2) is 10.9 Å². The Hall–Kier alpha value is -2.93. The second kappa shape index (κ2) is 10.9. The smallest absolute Gasteiger partial charge is 0.262 e. The summed E-state index contributed by atoms with van der Waals surface area (Å²) >= 11 is 1.29. The Kier molecular flexibility index (Phi) is 8.00. The van der Waals surface area contributed by atoms with Crippen LogP contribution in [0, 0.1) is 0 Å². The van der Waals surface area contributed by atoms with Crippen LogP contribution < -0.4 is 10.9 Å². The van der Waals surface area contributed by atoms with Gasteiger partial charge in [-0.05, 0) is 42.8 Å². The molecule has 0 radical (unpaired) electrons. The van der Waals surface area contributed by atoms with Crippen LogP contribution in [-0.4, -0.2) is 27.0 Å². The molecule has 1 aromatic heterocycles. The first-order valence-electron chi connectivity index (χ1n) is 10.5. The predicted molar refractivity (Wildman–Crippen MR) is 126 cm³/mol. The van der Waals surface area contributed by atoms with Crippen molar-refractivity contribution in [2.75, 3.05) is 11.1 Å². The molecule has 0 saturated carbocycles. The van der Waals surface area contributed by atoms with Gasteiger partial charge in [0.2, 0.25) is 5.91 Å². The summed E-state index contributed by atoms with van der Waals surface area (Å²) in [6.07, 6.45) is 4.21. The number of para-hydroxylation sites is 1. The van der Waals surface area contributed by atoms with Crippen molar-refractivity contribution in [1.29, 1.82) is 0 Å². The van der Waals surface area contributed by atoms with E-state index in [1.54, 1.807) is 34.9 Å². The van der Waals surface area contributed by atoms with Crippen molar-refractivity contribution in [1.82, 2.24) is 9.55 Å². The van der Waals surface area contributed by atoms with Crippen molar-refractivity contribution in [2.24, 2.45) is 0 Å². The molecule has 1 heterocycles. The number of fused-ring (bicyclic) bond motifs is 1. The SMILES string of the molecule is CCCCCCn1c(SCC(=O)c2ccc(NC(C)=O)cc2)nc2ccccc2c1=O. The number of hydrogen-bond donors (Lipinski definition) is 1. The summed E-state index contributed by atoms with van der Waals surface area (Å²) < 4.78 is 1.70. The summed E-state index contributed by atoms with van der Waals surface area (Å²) in [6.45, 7) is 4.19. The third kappa shape index (κ3) is 6.04. The summed E-state index contributed by atoms with van der Waals surface area (Å²) in [6, 6.07) is 14.1. The normalized spacial score (nSPS) is 10.9. The lowest BCUT2D eigenvalue weighted by Crippen LogP contribution is -2.24. The number of benzene rings is 2. The van der Waals surface area contributed by atoms with Crippen LogP contribution in [0.3, 0.4) is 0 Å². The highest BCUT2D eigenvalue weighted by Gasteiger charge is 2.14. The van der Waals surface area contributed by atoms with Gasteiger partial charge in [0, 0.05) is 24.7 Å². The Labute approximate surface area is 186 Å². The summed E-state index contributed by atoms with van der Waals surface area (Å²) in [5.41, 5.74) is 1.79. The molecule has 3 rings (SSSR count). The number of thioether (sulfide) groups is 1. The molecule has 0 bridgehead atoms. The molecule has 1 N–H and O–H groups in total. The fourth-order valence-electron chi connectivity index (χ4n) is 3.31. The topological polar surface area (TPSA) is 81.1 Å². The molecule has 0 aliphatic heterocycles. The van der Waals surface area contributed by atoms with Gasteiger partial charge in [-0.25, -0.2) is 4.98 Å². The van der Waals surface area contributed by atoms with Crippen LogP contribution in [0.4, 0.5) is 5.69 Å². The van der Waals surface area contributed by atoms with Gasteiger partial charge in [-0.2, -0.15) is 0 Å². The van der Waals surface area contributed by atoms with Gasteiger partial charge in [0.1, 0.15) is 0 Å². The second-order valence-electron chi connectivity index (χ2n) is 7.40. The largest absolute Gasteiger partial charge is 0.326 e. The molecule has 162 valence electrons. The number of nitrogens with zero attached hydrogens (tertiary/aromatic N) is 2. The summed E-state index contributed by atoms with van der Waals surface area (Å²) in [4.78, 5) is 41.5. The number of anilines is 1. The highest BCUT2D eigenvalue weighted by molar-refractivity contribution is 7.99. The Morgan fingerprint density at radius 1 is 1.03 bits per heavy atom. The molecule has 7 heteroatoms. The third-order valence-corrected chi connectivity index (χ3v) is 5.90. The number of nitrogens with one attached hydrogen (secondary N) is 1. The fraction of sp³-hybridized carbons (Fsp3) is 0.333. The molecule has 0 aliphatic carbocycles. The third-order valence-electron chi connectivity index (χ3n) is 4.92. The number of rotatable bonds is 10. The van der Waals surface area contributed by atoms with E-state index in [2.05, 4.69) is 17.2 Å². The number of unbranched alkanes of at least 4 members (excludes halogenated alkanes) is 3. The van der Waals surface area contributed by atoms with Crippen LogP contribution in [0.15, 0.2) is 58.5 Å². The highest BCUT2D eigenvalue weighted by Crippen LogP contribution is 2.20. The summed E-state index contributed by atoms with van der Waals surface area (Å²) in [7, 11) is 0. The van der Waals surface area contributed by atoms with Crippen LogP contribution in [0.25, 0.3) is 10.9 Å². The van der Waals surface area contributed by atoms with E-state index in [4.69, 9.17) is 0 Å². The minimum atomic E-state index is -0.158. The van der Waals surface area contributed by atoms with Crippen LogP contribution in [0.5, 0.6) is 0 Å². The number of carbonyl (C=O) groups excluding carboxylic acids is 2. The zero-order valence-corrected chi connectivity index (χ0v) is 18.7.